The quantitative estimate of drug-likeness (QED) is 0.731. The molecular formula is C19H23N5O2S. The first kappa shape index (κ1) is 17.9. The number of fused-ring (bicyclic) bond motifs is 2. The summed E-state index contributed by atoms with van der Waals surface area (Å²) in [5, 5.41) is 3.57. The van der Waals surface area contributed by atoms with Crippen LogP contribution in [-0.2, 0) is 30.8 Å². The molecule has 1 aliphatic heterocycles. The Bertz CT molecular complexity index is 1040. The number of carbonyl (C=O) groups is 1. The Hall–Kier alpha value is -2.48. The highest BCUT2D eigenvalue weighted by molar-refractivity contribution is 7.18. The zero-order valence-corrected chi connectivity index (χ0v) is 16.4. The van der Waals surface area contributed by atoms with Crippen molar-refractivity contribution >= 4 is 27.5 Å². The maximum absolute atomic E-state index is 12.7. The van der Waals surface area contributed by atoms with Crippen molar-refractivity contribution in [2.45, 2.75) is 59.2 Å². The summed E-state index contributed by atoms with van der Waals surface area (Å²) in [4.78, 5) is 35.7. The predicted molar refractivity (Wildman–Crippen MR) is 105 cm³/mol. The van der Waals surface area contributed by atoms with Gasteiger partial charge in [-0.05, 0) is 32.3 Å². The topological polar surface area (TPSA) is 81.8 Å². The van der Waals surface area contributed by atoms with E-state index in [2.05, 4.69) is 19.9 Å². The van der Waals surface area contributed by atoms with Crippen LogP contribution in [0.5, 0.6) is 0 Å². The number of rotatable bonds is 5. The van der Waals surface area contributed by atoms with Crippen molar-refractivity contribution in [1.29, 1.82) is 0 Å². The number of hydrogen-bond donors (Lipinski definition) is 1. The molecule has 4 rings (SSSR count). The maximum Gasteiger partial charge on any atom is 0.262 e. The largest absolute Gasteiger partial charge is 0.350 e. The Morgan fingerprint density at radius 1 is 1.33 bits per heavy atom. The van der Waals surface area contributed by atoms with Crippen molar-refractivity contribution in [3.8, 4) is 0 Å². The molecule has 0 bridgehead atoms. The van der Waals surface area contributed by atoms with Gasteiger partial charge in [-0.15, -0.1) is 11.3 Å². The molecule has 0 saturated carbocycles. The van der Waals surface area contributed by atoms with E-state index in [1.807, 2.05) is 20.0 Å². The van der Waals surface area contributed by atoms with E-state index in [4.69, 9.17) is 0 Å². The van der Waals surface area contributed by atoms with E-state index in [0.717, 1.165) is 39.8 Å². The van der Waals surface area contributed by atoms with Gasteiger partial charge in [0.1, 0.15) is 10.7 Å². The molecule has 1 amide bonds. The summed E-state index contributed by atoms with van der Waals surface area (Å²) >= 11 is 1.53. The minimum Gasteiger partial charge on any atom is -0.350 e. The molecule has 0 aromatic carbocycles. The van der Waals surface area contributed by atoms with Crippen LogP contribution in [-0.4, -0.2) is 25.0 Å². The average molecular weight is 385 g/mol. The van der Waals surface area contributed by atoms with Gasteiger partial charge in [0.25, 0.3) is 5.56 Å². The fourth-order valence-electron chi connectivity index (χ4n) is 3.49. The monoisotopic (exact) mass is 385 g/mol. The second kappa shape index (κ2) is 7.26. The number of nitrogens with one attached hydrogen (secondary N) is 1. The van der Waals surface area contributed by atoms with Crippen LogP contribution in [0.15, 0.2) is 17.3 Å². The molecule has 0 saturated heterocycles. The van der Waals surface area contributed by atoms with Crippen molar-refractivity contribution in [2.75, 3.05) is 0 Å². The maximum atomic E-state index is 12.7. The minimum atomic E-state index is -0.0915. The summed E-state index contributed by atoms with van der Waals surface area (Å²) in [5.74, 6) is 1.02. The van der Waals surface area contributed by atoms with Crippen molar-refractivity contribution in [3.05, 3.63) is 44.8 Å². The van der Waals surface area contributed by atoms with Gasteiger partial charge >= 0.3 is 0 Å². The van der Waals surface area contributed by atoms with E-state index in [1.165, 1.54) is 35.1 Å². The Labute approximate surface area is 161 Å². The first-order valence-corrected chi connectivity index (χ1v) is 10.1. The Kier molecular flexibility index (Phi) is 4.82. The molecule has 142 valence electrons. The number of thiophene rings is 1. The van der Waals surface area contributed by atoms with Crippen LogP contribution in [0.25, 0.3) is 10.2 Å². The number of nitrogens with zero attached hydrogens (tertiary/aromatic N) is 4. The average Bonchev–Trinajstić information content (AvgIpc) is 3.20. The van der Waals surface area contributed by atoms with Gasteiger partial charge in [-0.2, -0.15) is 0 Å². The van der Waals surface area contributed by atoms with Crippen LogP contribution < -0.4 is 10.9 Å². The fourth-order valence-corrected chi connectivity index (χ4v) is 4.47. The fraction of sp³-hybridized carbons (Fsp3) is 0.474. The first-order valence-electron chi connectivity index (χ1n) is 9.29. The Morgan fingerprint density at radius 3 is 3.00 bits per heavy atom. The zero-order chi connectivity index (χ0) is 19.0. The van der Waals surface area contributed by atoms with E-state index in [-0.39, 0.29) is 17.9 Å². The highest BCUT2D eigenvalue weighted by atomic mass is 32.1. The van der Waals surface area contributed by atoms with Gasteiger partial charge in [-0.3, -0.25) is 14.2 Å². The molecule has 3 aromatic heterocycles. The predicted octanol–water partition coefficient (Wildman–Crippen LogP) is 2.31. The van der Waals surface area contributed by atoms with E-state index in [9.17, 15) is 9.59 Å². The van der Waals surface area contributed by atoms with Gasteiger partial charge in [-0.1, -0.05) is 0 Å². The van der Waals surface area contributed by atoms with E-state index < -0.39 is 0 Å². The highest BCUT2D eigenvalue weighted by Crippen LogP contribution is 2.25. The molecule has 4 heterocycles. The summed E-state index contributed by atoms with van der Waals surface area (Å²) in [5.41, 5.74) is 1.80. The summed E-state index contributed by atoms with van der Waals surface area (Å²) in [6, 6.07) is 0. The standard InChI is InChI=1S/C19H23N5O2S/c1-12-13(2)27-18-17(12)19(26)24(11-21-18)8-6-16(25)20-9-14-10-23-7-4-3-5-15(23)22-14/h10-11H,3-9H2,1-2H3,(H,20,25). The lowest BCUT2D eigenvalue weighted by atomic mass is 10.2. The van der Waals surface area contributed by atoms with Gasteiger partial charge < -0.3 is 9.88 Å². The van der Waals surface area contributed by atoms with Crippen molar-refractivity contribution in [3.63, 3.8) is 0 Å². The minimum absolute atomic E-state index is 0.0728. The molecule has 0 spiro atoms. The molecule has 27 heavy (non-hydrogen) atoms. The van der Waals surface area contributed by atoms with Gasteiger partial charge in [0.2, 0.25) is 5.91 Å². The third-order valence-corrected chi connectivity index (χ3v) is 6.28. The summed E-state index contributed by atoms with van der Waals surface area (Å²) in [6.07, 6.45) is 7.18. The smallest absolute Gasteiger partial charge is 0.262 e. The van der Waals surface area contributed by atoms with Crippen LogP contribution >= 0.6 is 11.3 Å². The van der Waals surface area contributed by atoms with Gasteiger partial charge in [0, 0.05) is 37.0 Å². The lowest BCUT2D eigenvalue weighted by Gasteiger charge is -2.11. The van der Waals surface area contributed by atoms with Crippen LogP contribution in [0.2, 0.25) is 0 Å². The molecule has 0 unspecified atom stereocenters. The molecule has 7 nitrogen and oxygen atoms in total. The number of hydrogen-bond acceptors (Lipinski definition) is 5. The summed E-state index contributed by atoms with van der Waals surface area (Å²) in [6.45, 7) is 5.69. The first-order chi connectivity index (χ1) is 13.0. The summed E-state index contributed by atoms with van der Waals surface area (Å²) < 4.78 is 3.70. The SMILES string of the molecule is Cc1sc2ncn(CCC(=O)NCc3cn4c(n3)CCCC4)c(=O)c2c1C. The van der Waals surface area contributed by atoms with Gasteiger partial charge in [-0.25, -0.2) is 9.97 Å². The van der Waals surface area contributed by atoms with Crippen LogP contribution in [0.1, 0.15) is 41.2 Å². The molecule has 8 heteroatoms. The molecule has 0 aliphatic carbocycles. The lowest BCUT2D eigenvalue weighted by Crippen LogP contribution is -2.27. The van der Waals surface area contributed by atoms with E-state index >= 15 is 0 Å². The van der Waals surface area contributed by atoms with Crippen molar-refractivity contribution in [1.82, 2.24) is 24.4 Å². The molecule has 1 N–H and O–H groups in total. The number of aromatic nitrogens is 4. The lowest BCUT2D eigenvalue weighted by molar-refractivity contribution is -0.121. The van der Waals surface area contributed by atoms with E-state index in [0.29, 0.717) is 18.5 Å². The molecule has 0 radical (unpaired) electrons. The normalized spacial score (nSPS) is 13.7. The number of carbonyl (C=O) groups excluding carboxylic acids is 1. The second-order valence-corrected chi connectivity index (χ2v) is 8.24. The Balaban J connectivity index is 1.37. The zero-order valence-electron chi connectivity index (χ0n) is 15.6. The number of aryl methyl sites for hydroxylation is 5. The molecular weight excluding hydrogens is 362 g/mol. The Morgan fingerprint density at radius 2 is 2.19 bits per heavy atom. The molecule has 3 aromatic rings. The van der Waals surface area contributed by atoms with Crippen LogP contribution in [0.4, 0.5) is 0 Å². The highest BCUT2D eigenvalue weighted by Gasteiger charge is 2.14. The molecule has 0 fully saturated rings. The molecule has 1 aliphatic rings. The van der Waals surface area contributed by atoms with E-state index in [1.54, 1.807) is 0 Å². The van der Waals surface area contributed by atoms with Gasteiger partial charge in [0.15, 0.2) is 0 Å². The van der Waals surface area contributed by atoms with Crippen LogP contribution in [0, 0.1) is 13.8 Å². The van der Waals surface area contributed by atoms with Crippen molar-refractivity contribution < 1.29 is 4.79 Å². The third kappa shape index (κ3) is 3.53. The summed E-state index contributed by atoms with van der Waals surface area (Å²) in [7, 11) is 0. The van der Waals surface area contributed by atoms with Gasteiger partial charge in [0.05, 0.1) is 24.0 Å². The molecule has 0 atom stereocenters. The number of amides is 1. The van der Waals surface area contributed by atoms with Crippen molar-refractivity contribution in [2.24, 2.45) is 0 Å². The number of imidazole rings is 1. The second-order valence-electron chi connectivity index (χ2n) is 7.03. The van der Waals surface area contributed by atoms with Crippen LogP contribution in [0.3, 0.4) is 0 Å². The third-order valence-electron chi connectivity index (χ3n) is 5.16.